The third-order valence-electron chi connectivity index (χ3n) is 2.47. The molecule has 4 heteroatoms. The summed E-state index contributed by atoms with van der Waals surface area (Å²) >= 11 is 0. The van der Waals surface area contributed by atoms with Gasteiger partial charge in [0.1, 0.15) is 11.9 Å². The van der Waals surface area contributed by atoms with E-state index >= 15 is 0 Å². The summed E-state index contributed by atoms with van der Waals surface area (Å²) in [6.07, 6.45) is 0.0947. The molecule has 1 atom stereocenters. The fourth-order valence-electron chi connectivity index (χ4n) is 1.72. The van der Waals surface area contributed by atoms with Crippen molar-refractivity contribution in [3.63, 3.8) is 0 Å². The van der Waals surface area contributed by atoms with E-state index in [1.54, 1.807) is 0 Å². The summed E-state index contributed by atoms with van der Waals surface area (Å²) < 4.78 is 11.2. The molecule has 88 valence electrons. The van der Waals surface area contributed by atoms with Gasteiger partial charge in [0, 0.05) is 12.2 Å². The van der Waals surface area contributed by atoms with Crippen LogP contribution in [0.4, 0.5) is 5.82 Å². The standard InChI is InChI=1S/C12H18N2O2/c1-9-5-4-6-11(14-9)13-7-10-8-15-12(2,3)16-10/h4-6,10H,7-8H2,1-3H3,(H,13,14). The molecule has 0 radical (unpaired) electrons. The highest BCUT2D eigenvalue weighted by Gasteiger charge is 2.32. The Hall–Kier alpha value is -1.13. The van der Waals surface area contributed by atoms with Crippen LogP contribution in [-0.2, 0) is 9.47 Å². The first-order valence-corrected chi connectivity index (χ1v) is 5.54. The average Bonchev–Trinajstić information content (AvgIpc) is 2.56. The lowest BCUT2D eigenvalue weighted by atomic mass is 10.3. The summed E-state index contributed by atoms with van der Waals surface area (Å²) in [4.78, 5) is 4.36. The molecule has 2 rings (SSSR count). The molecular weight excluding hydrogens is 204 g/mol. The number of aromatic nitrogens is 1. The maximum atomic E-state index is 5.69. The molecule has 1 aliphatic rings. The van der Waals surface area contributed by atoms with Crippen LogP contribution in [0.25, 0.3) is 0 Å². The van der Waals surface area contributed by atoms with Gasteiger partial charge in [-0.25, -0.2) is 4.98 Å². The van der Waals surface area contributed by atoms with Crippen molar-refractivity contribution in [3.05, 3.63) is 23.9 Å². The zero-order chi connectivity index (χ0) is 11.6. The van der Waals surface area contributed by atoms with Crippen LogP contribution in [0.2, 0.25) is 0 Å². The third kappa shape index (κ3) is 2.93. The largest absolute Gasteiger partial charge is 0.367 e. The molecule has 4 nitrogen and oxygen atoms in total. The predicted octanol–water partition coefficient (Wildman–Crippen LogP) is 1.95. The molecule has 1 unspecified atom stereocenters. The van der Waals surface area contributed by atoms with E-state index in [-0.39, 0.29) is 6.10 Å². The SMILES string of the molecule is Cc1cccc(NCC2COC(C)(C)O2)n1. The Morgan fingerprint density at radius 3 is 2.94 bits per heavy atom. The minimum atomic E-state index is -0.452. The predicted molar refractivity (Wildman–Crippen MR) is 62.4 cm³/mol. The monoisotopic (exact) mass is 222 g/mol. The second-order valence-corrected chi connectivity index (χ2v) is 4.50. The number of ether oxygens (including phenoxy) is 2. The quantitative estimate of drug-likeness (QED) is 0.849. The van der Waals surface area contributed by atoms with Gasteiger partial charge in [-0.3, -0.25) is 0 Å². The lowest BCUT2D eigenvalue weighted by molar-refractivity contribution is -0.136. The van der Waals surface area contributed by atoms with E-state index < -0.39 is 5.79 Å². The number of hydrogen-bond donors (Lipinski definition) is 1. The van der Waals surface area contributed by atoms with Gasteiger partial charge in [0.25, 0.3) is 0 Å². The van der Waals surface area contributed by atoms with Crippen LogP contribution >= 0.6 is 0 Å². The normalized spacial score (nSPS) is 23.3. The van der Waals surface area contributed by atoms with E-state index in [4.69, 9.17) is 9.47 Å². The van der Waals surface area contributed by atoms with Crippen molar-refractivity contribution in [1.82, 2.24) is 4.98 Å². The Labute approximate surface area is 96.0 Å². The second-order valence-electron chi connectivity index (χ2n) is 4.50. The van der Waals surface area contributed by atoms with Crippen LogP contribution in [0, 0.1) is 6.92 Å². The lowest BCUT2D eigenvalue weighted by Gasteiger charge is -2.17. The molecule has 0 saturated carbocycles. The highest BCUT2D eigenvalue weighted by molar-refractivity contribution is 5.35. The van der Waals surface area contributed by atoms with Gasteiger partial charge in [0.05, 0.1) is 6.61 Å². The fourth-order valence-corrected chi connectivity index (χ4v) is 1.72. The minimum Gasteiger partial charge on any atom is -0.367 e. The first-order chi connectivity index (χ1) is 7.55. The van der Waals surface area contributed by atoms with Crippen LogP contribution in [0.1, 0.15) is 19.5 Å². The van der Waals surface area contributed by atoms with E-state index in [2.05, 4.69) is 10.3 Å². The number of hydrogen-bond acceptors (Lipinski definition) is 4. The summed E-state index contributed by atoms with van der Waals surface area (Å²) in [5.74, 6) is 0.431. The van der Waals surface area contributed by atoms with Crippen molar-refractivity contribution in [2.24, 2.45) is 0 Å². The Morgan fingerprint density at radius 1 is 1.50 bits per heavy atom. The smallest absolute Gasteiger partial charge is 0.163 e. The maximum Gasteiger partial charge on any atom is 0.163 e. The molecule has 0 amide bonds. The van der Waals surface area contributed by atoms with Gasteiger partial charge < -0.3 is 14.8 Å². The van der Waals surface area contributed by atoms with Gasteiger partial charge in [0.2, 0.25) is 0 Å². The molecule has 1 saturated heterocycles. The summed E-state index contributed by atoms with van der Waals surface area (Å²) in [6, 6.07) is 5.91. The number of nitrogens with zero attached hydrogens (tertiary/aromatic N) is 1. The van der Waals surface area contributed by atoms with E-state index in [0.29, 0.717) is 6.61 Å². The van der Waals surface area contributed by atoms with Crippen molar-refractivity contribution in [1.29, 1.82) is 0 Å². The van der Waals surface area contributed by atoms with Crippen molar-refractivity contribution < 1.29 is 9.47 Å². The molecule has 1 N–H and O–H groups in total. The van der Waals surface area contributed by atoms with Crippen molar-refractivity contribution in [2.75, 3.05) is 18.5 Å². The molecule has 0 spiro atoms. The Bertz CT molecular complexity index is 366. The maximum absolute atomic E-state index is 5.69. The van der Waals surface area contributed by atoms with Crippen molar-refractivity contribution in [3.8, 4) is 0 Å². The topological polar surface area (TPSA) is 43.4 Å². The van der Waals surface area contributed by atoms with Gasteiger partial charge in [0.15, 0.2) is 5.79 Å². The molecule has 16 heavy (non-hydrogen) atoms. The van der Waals surface area contributed by atoms with Crippen molar-refractivity contribution >= 4 is 5.82 Å². The fraction of sp³-hybridized carbons (Fsp3) is 0.583. The van der Waals surface area contributed by atoms with Crippen LogP contribution in [0.15, 0.2) is 18.2 Å². The molecule has 1 fully saturated rings. The average molecular weight is 222 g/mol. The van der Waals surface area contributed by atoms with E-state index in [0.717, 1.165) is 18.1 Å². The van der Waals surface area contributed by atoms with E-state index in [1.807, 2.05) is 39.0 Å². The molecule has 0 aromatic carbocycles. The number of aryl methyl sites for hydroxylation is 1. The van der Waals surface area contributed by atoms with Crippen molar-refractivity contribution in [2.45, 2.75) is 32.7 Å². The molecule has 1 aromatic rings. The summed E-state index contributed by atoms with van der Waals surface area (Å²) in [5, 5.41) is 3.25. The third-order valence-corrected chi connectivity index (χ3v) is 2.47. The second kappa shape index (κ2) is 4.39. The van der Waals surface area contributed by atoms with Crippen LogP contribution in [-0.4, -0.2) is 30.0 Å². The number of rotatable bonds is 3. The number of pyridine rings is 1. The summed E-state index contributed by atoms with van der Waals surface area (Å²) in [5.41, 5.74) is 1.01. The number of anilines is 1. The molecule has 0 aliphatic carbocycles. The van der Waals surface area contributed by atoms with Crippen LogP contribution in [0.3, 0.4) is 0 Å². The van der Waals surface area contributed by atoms with Gasteiger partial charge in [-0.15, -0.1) is 0 Å². The Morgan fingerprint density at radius 2 is 2.31 bits per heavy atom. The highest BCUT2D eigenvalue weighted by Crippen LogP contribution is 2.22. The van der Waals surface area contributed by atoms with Gasteiger partial charge >= 0.3 is 0 Å². The first-order valence-electron chi connectivity index (χ1n) is 5.54. The minimum absolute atomic E-state index is 0.0947. The van der Waals surface area contributed by atoms with Crippen LogP contribution < -0.4 is 5.32 Å². The first kappa shape index (κ1) is 11.4. The van der Waals surface area contributed by atoms with Gasteiger partial charge in [-0.2, -0.15) is 0 Å². The summed E-state index contributed by atoms with van der Waals surface area (Å²) in [6.45, 7) is 7.19. The molecule has 1 aromatic heterocycles. The molecule has 0 bridgehead atoms. The van der Waals surface area contributed by atoms with E-state index in [1.165, 1.54) is 0 Å². The van der Waals surface area contributed by atoms with Gasteiger partial charge in [-0.05, 0) is 32.9 Å². The molecule has 1 aliphatic heterocycles. The lowest BCUT2D eigenvalue weighted by Crippen LogP contribution is -2.26. The Kier molecular flexibility index (Phi) is 3.12. The zero-order valence-electron chi connectivity index (χ0n) is 9.99. The zero-order valence-corrected chi connectivity index (χ0v) is 9.99. The highest BCUT2D eigenvalue weighted by atomic mass is 16.7. The molecular formula is C12H18N2O2. The Balaban J connectivity index is 1.84. The summed E-state index contributed by atoms with van der Waals surface area (Å²) in [7, 11) is 0. The van der Waals surface area contributed by atoms with Crippen LogP contribution in [0.5, 0.6) is 0 Å². The van der Waals surface area contributed by atoms with E-state index in [9.17, 15) is 0 Å². The molecule has 2 heterocycles. The number of nitrogens with one attached hydrogen (secondary N) is 1. The van der Waals surface area contributed by atoms with Gasteiger partial charge in [-0.1, -0.05) is 6.07 Å².